The van der Waals surface area contributed by atoms with Crippen molar-refractivity contribution in [2.24, 2.45) is 16.6 Å². The molecule has 0 radical (unpaired) electrons. The second-order valence-electron chi connectivity index (χ2n) is 11.1. The summed E-state index contributed by atoms with van der Waals surface area (Å²) in [5, 5.41) is 45.3. The van der Waals surface area contributed by atoms with E-state index in [-0.39, 0.29) is 29.5 Å². The zero-order valence-corrected chi connectivity index (χ0v) is 21.5. The van der Waals surface area contributed by atoms with Crippen LogP contribution < -0.4 is 10.6 Å². The van der Waals surface area contributed by atoms with Gasteiger partial charge in [0.1, 0.15) is 22.8 Å². The molecular formula is C26H31N3O8. The molecule has 1 amide bonds. The van der Waals surface area contributed by atoms with Gasteiger partial charge in [-0.3, -0.25) is 24.1 Å². The van der Waals surface area contributed by atoms with Crippen LogP contribution in [0.1, 0.15) is 41.8 Å². The van der Waals surface area contributed by atoms with E-state index < -0.39 is 62.8 Å². The van der Waals surface area contributed by atoms with E-state index in [1.54, 1.807) is 40.0 Å². The number of fused-ring (bicyclic) bond motifs is 3. The summed E-state index contributed by atoms with van der Waals surface area (Å²) >= 11 is 0. The van der Waals surface area contributed by atoms with Crippen LogP contribution >= 0.6 is 0 Å². The first-order valence-corrected chi connectivity index (χ1v) is 11.7. The maximum atomic E-state index is 14.2. The van der Waals surface area contributed by atoms with Crippen LogP contribution in [0, 0.1) is 10.8 Å². The molecule has 0 aliphatic heterocycles. The molecule has 0 aromatic heterocycles. The Labute approximate surface area is 213 Å². The molecule has 1 saturated carbocycles. The number of hydrogen-bond donors (Lipinski definition) is 5. The van der Waals surface area contributed by atoms with Gasteiger partial charge < -0.3 is 31.1 Å². The van der Waals surface area contributed by atoms with Crippen LogP contribution in [0.2, 0.25) is 0 Å². The van der Waals surface area contributed by atoms with E-state index in [1.165, 1.54) is 17.9 Å². The number of primary amides is 1. The molecule has 6 N–H and O–H groups in total. The number of benzene rings is 1. The number of aromatic hydroxyl groups is 1. The van der Waals surface area contributed by atoms with Gasteiger partial charge in [0.15, 0.2) is 17.7 Å². The predicted octanol–water partition coefficient (Wildman–Crippen LogP) is 0.623. The van der Waals surface area contributed by atoms with E-state index in [0.29, 0.717) is 17.5 Å². The Morgan fingerprint density at radius 3 is 2.22 bits per heavy atom. The number of carbonyl (C=O) groups is 4. The van der Waals surface area contributed by atoms with Crippen LogP contribution in [0.15, 0.2) is 23.0 Å². The minimum Gasteiger partial charge on any atom is -0.508 e. The summed E-state index contributed by atoms with van der Waals surface area (Å²) in [7, 11) is 6.54. The summed E-state index contributed by atoms with van der Waals surface area (Å²) in [4.78, 5) is 54.6. The van der Waals surface area contributed by atoms with Crippen molar-refractivity contribution in [3.8, 4) is 5.75 Å². The number of aliphatic hydroxyl groups excluding tert-OH is 2. The quantitative estimate of drug-likeness (QED) is 0.283. The van der Waals surface area contributed by atoms with E-state index in [0.717, 1.165) is 0 Å². The summed E-state index contributed by atoms with van der Waals surface area (Å²) in [5.74, 6) is -5.59. The number of phenols is 1. The lowest BCUT2D eigenvalue weighted by atomic mass is 9.46. The third kappa shape index (κ3) is 3.07. The molecule has 1 fully saturated rings. The molecular weight excluding hydrogens is 482 g/mol. The van der Waals surface area contributed by atoms with E-state index in [9.17, 15) is 39.6 Å². The Kier molecular flexibility index (Phi) is 5.63. The van der Waals surface area contributed by atoms with Crippen LogP contribution in [-0.2, 0) is 20.8 Å². The molecule has 3 aliphatic rings. The van der Waals surface area contributed by atoms with Crippen molar-refractivity contribution >= 4 is 35.2 Å². The lowest BCUT2D eigenvalue weighted by molar-refractivity contribution is -0.175. The first kappa shape index (κ1) is 26.4. The maximum Gasteiger partial charge on any atom is 0.255 e. The molecule has 0 saturated heterocycles. The highest BCUT2D eigenvalue weighted by Gasteiger charge is 2.72. The van der Waals surface area contributed by atoms with Gasteiger partial charge in [-0.2, -0.15) is 0 Å². The lowest BCUT2D eigenvalue weighted by Crippen LogP contribution is -2.72. The number of Topliss-reactive ketones (excluding diaryl/α,β-unsaturated/α-hetero) is 2. The molecule has 0 heterocycles. The third-order valence-electron chi connectivity index (χ3n) is 8.25. The number of phenolic OH excluding ortho intramolecular Hbond substituents is 1. The molecule has 3 aliphatic carbocycles. The number of nitrogens with two attached hydrogens (primary N) is 1. The molecule has 0 unspecified atom stereocenters. The van der Waals surface area contributed by atoms with Crippen molar-refractivity contribution < 1.29 is 39.6 Å². The van der Waals surface area contributed by atoms with Crippen LogP contribution in [0.3, 0.4) is 0 Å². The Morgan fingerprint density at radius 2 is 1.73 bits per heavy atom. The van der Waals surface area contributed by atoms with Crippen molar-refractivity contribution in [1.82, 2.24) is 4.90 Å². The second-order valence-corrected chi connectivity index (χ2v) is 11.1. The van der Waals surface area contributed by atoms with Crippen molar-refractivity contribution in [3.05, 3.63) is 39.7 Å². The molecule has 0 spiro atoms. The molecule has 1 aromatic rings. The summed E-state index contributed by atoms with van der Waals surface area (Å²) in [6.07, 6.45) is 0.444. The molecule has 11 heteroatoms. The maximum absolute atomic E-state index is 14.2. The van der Waals surface area contributed by atoms with Crippen molar-refractivity contribution in [3.63, 3.8) is 0 Å². The number of aliphatic hydroxyl groups is 3. The zero-order valence-electron chi connectivity index (χ0n) is 21.5. The van der Waals surface area contributed by atoms with Gasteiger partial charge >= 0.3 is 0 Å². The normalized spacial score (nSPS) is 31.2. The van der Waals surface area contributed by atoms with Gasteiger partial charge in [-0.15, -0.1) is 0 Å². The fraction of sp³-hybridized carbons (Fsp3) is 0.462. The fourth-order valence-corrected chi connectivity index (χ4v) is 6.88. The first-order chi connectivity index (χ1) is 17.0. The molecule has 1 aromatic carbocycles. The van der Waals surface area contributed by atoms with Crippen molar-refractivity contribution in [2.75, 3.05) is 33.1 Å². The zero-order chi connectivity index (χ0) is 28.0. The molecule has 4 rings (SSSR count). The standard InChI is InChI=1S/C26H31N3O8/c1-24-8-12-13(28(3)4)7-11(9-30)17(31)14(12)18(32)16(24)22(35)26(37)21(34)15(23(27)36)19(33)20(29(5)6)25(26,2)10-24/h7,9,20,31-32,34,37H,8,10H2,1-6H3,(H2,27,36)/t20-,24+,25+,26-/m1/s1. The smallest absolute Gasteiger partial charge is 0.255 e. The Hall–Kier alpha value is -3.70. The largest absolute Gasteiger partial charge is 0.508 e. The van der Waals surface area contributed by atoms with E-state index in [2.05, 4.69) is 0 Å². The lowest BCUT2D eigenvalue weighted by Gasteiger charge is -2.59. The molecule has 198 valence electrons. The summed E-state index contributed by atoms with van der Waals surface area (Å²) in [6.45, 7) is 3.17. The topological polar surface area (TPSA) is 182 Å². The Morgan fingerprint density at radius 1 is 1.14 bits per heavy atom. The van der Waals surface area contributed by atoms with Gasteiger partial charge in [-0.1, -0.05) is 13.8 Å². The number of carbonyl (C=O) groups excluding carboxylic acids is 4. The third-order valence-corrected chi connectivity index (χ3v) is 8.25. The average molecular weight is 514 g/mol. The highest BCUT2D eigenvalue weighted by Crippen LogP contribution is 2.63. The molecule has 11 nitrogen and oxygen atoms in total. The minimum atomic E-state index is -2.79. The average Bonchev–Trinajstić information content (AvgIpc) is 2.75. The van der Waals surface area contributed by atoms with Crippen molar-refractivity contribution in [2.45, 2.75) is 38.3 Å². The van der Waals surface area contributed by atoms with E-state index in [4.69, 9.17) is 5.73 Å². The van der Waals surface area contributed by atoms with Gasteiger partial charge in [0.05, 0.1) is 17.2 Å². The number of amides is 1. The highest BCUT2D eigenvalue weighted by molar-refractivity contribution is 6.25. The SMILES string of the molecule is CN(C)c1cc(C=O)c(O)c2c1C[C@@]1(C)C[C@@]3(C)[C@H](N(C)C)C(=O)C(C(N)=O)=C(O)[C@@]3(O)C(=O)C1=C2O. The van der Waals surface area contributed by atoms with Gasteiger partial charge in [0.2, 0.25) is 5.78 Å². The van der Waals surface area contributed by atoms with Crippen LogP contribution in [-0.4, -0.2) is 88.9 Å². The van der Waals surface area contributed by atoms with Gasteiger partial charge in [0.25, 0.3) is 5.91 Å². The van der Waals surface area contributed by atoms with Crippen LogP contribution in [0.5, 0.6) is 5.75 Å². The van der Waals surface area contributed by atoms with Crippen molar-refractivity contribution in [1.29, 1.82) is 0 Å². The Balaban J connectivity index is 2.13. The predicted molar refractivity (Wildman–Crippen MR) is 133 cm³/mol. The molecule has 37 heavy (non-hydrogen) atoms. The molecule has 4 atom stereocenters. The summed E-state index contributed by atoms with van der Waals surface area (Å²) < 4.78 is 0. The van der Waals surface area contributed by atoms with Crippen LogP contribution in [0.4, 0.5) is 5.69 Å². The van der Waals surface area contributed by atoms with E-state index in [1.807, 2.05) is 0 Å². The second kappa shape index (κ2) is 7.90. The number of ketones is 2. The number of rotatable bonds is 4. The van der Waals surface area contributed by atoms with Gasteiger partial charge in [-0.05, 0) is 38.6 Å². The fourth-order valence-electron chi connectivity index (χ4n) is 6.88. The number of hydrogen-bond acceptors (Lipinski definition) is 10. The number of nitrogens with zero attached hydrogens (tertiary/aromatic N) is 2. The highest BCUT2D eigenvalue weighted by atomic mass is 16.3. The number of aldehydes is 1. The summed E-state index contributed by atoms with van der Waals surface area (Å²) in [6, 6.07) is 0.257. The number of likely N-dealkylation sites (N-methyl/N-ethyl adjacent to an activating group) is 1. The monoisotopic (exact) mass is 513 g/mol. The number of anilines is 1. The molecule has 0 bridgehead atoms. The van der Waals surface area contributed by atoms with E-state index >= 15 is 0 Å². The Bertz CT molecular complexity index is 1360. The minimum absolute atomic E-state index is 0.0746. The van der Waals surface area contributed by atoms with Crippen LogP contribution in [0.25, 0.3) is 5.76 Å². The van der Waals surface area contributed by atoms with Gasteiger partial charge in [-0.25, -0.2) is 0 Å². The summed E-state index contributed by atoms with van der Waals surface area (Å²) in [5.41, 5.74) is -0.639. The first-order valence-electron chi connectivity index (χ1n) is 11.7. The van der Waals surface area contributed by atoms with Gasteiger partial charge in [0, 0.05) is 36.2 Å².